The van der Waals surface area contributed by atoms with Gasteiger partial charge in [-0.05, 0) is 67.7 Å². The number of thiocarbonyl (C=S) groups is 1. The number of fused-ring (bicyclic) bond motifs is 1. The summed E-state index contributed by atoms with van der Waals surface area (Å²) in [5, 5.41) is 5.27. The number of hydrogen-bond donors (Lipinski definition) is 2. The number of rotatable bonds is 5. The van der Waals surface area contributed by atoms with Gasteiger partial charge in [0, 0.05) is 29.1 Å². The van der Waals surface area contributed by atoms with Crippen LogP contribution in [0.2, 0.25) is 0 Å². The van der Waals surface area contributed by atoms with Gasteiger partial charge in [0.1, 0.15) is 0 Å². The van der Waals surface area contributed by atoms with Crippen LogP contribution in [0, 0.1) is 13.8 Å². The van der Waals surface area contributed by atoms with E-state index in [4.69, 9.17) is 12.2 Å². The minimum atomic E-state index is -0.0239. The maximum atomic E-state index is 12.9. The molecule has 0 atom stereocenters. The Labute approximate surface area is 189 Å². The highest BCUT2D eigenvalue weighted by Crippen LogP contribution is 2.25. The maximum Gasteiger partial charge on any atom is 0.253 e. The zero-order chi connectivity index (χ0) is 21.8. The molecule has 0 spiro atoms. The summed E-state index contributed by atoms with van der Waals surface area (Å²) in [4.78, 5) is 18.3. The topological polar surface area (TPSA) is 48.1 Å². The molecular formula is C26H31N3OS. The van der Waals surface area contributed by atoms with Crippen molar-refractivity contribution in [3.63, 3.8) is 0 Å². The van der Waals surface area contributed by atoms with Crippen molar-refractivity contribution in [1.82, 2.24) is 15.2 Å². The first-order valence-corrected chi connectivity index (χ1v) is 11.6. The largest absolute Gasteiger partial charge is 0.358 e. The van der Waals surface area contributed by atoms with Crippen molar-refractivity contribution < 1.29 is 0 Å². The predicted molar refractivity (Wildman–Crippen MR) is 132 cm³/mol. The van der Waals surface area contributed by atoms with Crippen molar-refractivity contribution in [3.8, 4) is 0 Å². The molecule has 1 aliphatic carbocycles. The van der Waals surface area contributed by atoms with E-state index in [1.54, 1.807) is 0 Å². The molecule has 5 heteroatoms. The summed E-state index contributed by atoms with van der Waals surface area (Å²) in [7, 11) is 0. The van der Waals surface area contributed by atoms with Crippen LogP contribution in [0.4, 0.5) is 0 Å². The molecule has 0 aliphatic heterocycles. The molecule has 0 saturated heterocycles. The van der Waals surface area contributed by atoms with E-state index in [9.17, 15) is 4.79 Å². The average molecular weight is 434 g/mol. The second-order valence-corrected chi connectivity index (χ2v) is 9.12. The third-order valence-electron chi connectivity index (χ3n) is 6.29. The molecule has 0 bridgehead atoms. The van der Waals surface area contributed by atoms with E-state index in [1.165, 1.54) is 30.4 Å². The van der Waals surface area contributed by atoms with E-state index in [0.717, 1.165) is 40.0 Å². The molecule has 2 aromatic carbocycles. The molecule has 2 N–H and O–H groups in total. The molecule has 0 radical (unpaired) electrons. The molecule has 4 nitrogen and oxygen atoms in total. The summed E-state index contributed by atoms with van der Waals surface area (Å²) in [6.45, 7) is 5.38. The second kappa shape index (κ2) is 9.65. The number of aryl methyl sites for hydroxylation is 2. The van der Waals surface area contributed by atoms with E-state index in [2.05, 4.69) is 53.3 Å². The Kier molecular flexibility index (Phi) is 6.71. The predicted octanol–water partition coefficient (Wildman–Crippen LogP) is 5.35. The normalized spacial score (nSPS) is 14.5. The van der Waals surface area contributed by atoms with Crippen LogP contribution in [0.3, 0.4) is 0 Å². The van der Waals surface area contributed by atoms with Gasteiger partial charge in [-0.3, -0.25) is 4.79 Å². The molecule has 0 unspecified atom stereocenters. The van der Waals surface area contributed by atoms with Gasteiger partial charge in [-0.1, -0.05) is 55.7 Å². The van der Waals surface area contributed by atoms with Crippen molar-refractivity contribution in [2.45, 2.75) is 65.1 Å². The molecule has 1 heterocycles. The van der Waals surface area contributed by atoms with Gasteiger partial charge in [-0.15, -0.1) is 0 Å². The molecule has 162 valence electrons. The van der Waals surface area contributed by atoms with Crippen LogP contribution in [-0.2, 0) is 13.1 Å². The van der Waals surface area contributed by atoms with Gasteiger partial charge in [0.15, 0.2) is 5.11 Å². The highest BCUT2D eigenvalue weighted by Gasteiger charge is 2.24. The first kappa shape index (κ1) is 21.6. The van der Waals surface area contributed by atoms with Gasteiger partial charge in [-0.2, -0.15) is 0 Å². The number of H-pyrrole nitrogens is 1. The fourth-order valence-corrected chi connectivity index (χ4v) is 4.94. The molecule has 1 fully saturated rings. The third-order valence-corrected chi connectivity index (χ3v) is 6.67. The molecule has 1 aromatic heterocycles. The van der Waals surface area contributed by atoms with Gasteiger partial charge >= 0.3 is 0 Å². The number of benzene rings is 2. The minimum Gasteiger partial charge on any atom is -0.358 e. The summed E-state index contributed by atoms with van der Waals surface area (Å²) < 4.78 is 0. The number of aromatic nitrogens is 1. The lowest BCUT2D eigenvalue weighted by Crippen LogP contribution is -2.46. The molecule has 1 aliphatic rings. The Morgan fingerprint density at radius 1 is 1.10 bits per heavy atom. The van der Waals surface area contributed by atoms with Gasteiger partial charge < -0.3 is 15.2 Å². The third kappa shape index (κ3) is 5.16. The number of nitrogens with one attached hydrogen (secondary N) is 2. The van der Waals surface area contributed by atoms with Crippen molar-refractivity contribution in [2.24, 2.45) is 0 Å². The minimum absolute atomic E-state index is 0.0239. The van der Waals surface area contributed by atoms with Crippen LogP contribution < -0.4 is 10.9 Å². The van der Waals surface area contributed by atoms with Crippen LogP contribution in [0.5, 0.6) is 0 Å². The van der Waals surface area contributed by atoms with E-state index < -0.39 is 0 Å². The van der Waals surface area contributed by atoms with Gasteiger partial charge in [0.2, 0.25) is 0 Å². The van der Waals surface area contributed by atoms with Crippen LogP contribution in [0.25, 0.3) is 10.9 Å². The Bertz CT molecular complexity index is 1120. The number of pyridine rings is 1. The monoisotopic (exact) mass is 433 g/mol. The SMILES string of the molecule is Cc1cc(C)c2cc(CN(C(=S)NCc3ccccc3)C3CCCCC3)c(=O)[nH]c2c1. The number of nitrogens with zero attached hydrogens (tertiary/aromatic N) is 1. The Morgan fingerprint density at radius 2 is 1.84 bits per heavy atom. The second-order valence-electron chi connectivity index (χ2n) is 8.73. The van der Waals surface area contributed by atoms with Crippen LogP contribution in [-0.4, -0.2) is 21.0 Å². The molecule has 1 saturated carbocycles. The van der Waals surface area contributed by atoms with E-state index >= 15 is 0 Å². The lowest BCUT2D eigenvalue weighted by Gasteiger charge is -2.36. The zero-order valence-corrected chi connectivity index (χ0v) is 19.2. The van der Waals surface area contributed by atoms with Crippen molar-refractivity contribution in [3.05, 3.63) is 81.1 Å². The van der Waals surface area contributed by atoms with Gasteiger partial charge in [0.25, 0.3) is 5.56 Å². The summed E-state index contributed by atoms with van der Waals surface area (Å²) >= 11 is 5.84. The quantitative estimate of drug-likeness (QED) is 0.532. The van der Waals surface area contributed by atoms with Crippen molar-refractivity contribution in [2.75, 3.05) is 0 Å². The van der Waals surface area contributed by atoms with Crippen molar-refractivity contribution >= 4 is 28.2 Å². The lowest BCUT2D eigenvalue weighted by molar-refractivity contribution is 0.234. The van der Waals surface area contributed by atoms with Crippen LogP contribution in [0.15, 0.2) is 53.3 Å². The van der Waals surface area contributed by atoms with Crippen molar-refractivity contribution in [1.29, 1.82) is 0 Å². The van der Waals surface area contributed by atoms with Crippen LogP contribution >= 0.6 is 12.2 Å². The van der Waals surface area contributed by atoms with Gasteiger partial charge in [-0.25, -0.2) is 0 Å². The molecule has 0 amide bonds. The average Bonchev–Trinajstić information content (AvgIpc) is 2.77. The molecule has 4 rings (SSSR count). The van der Waals surface area contributed by atoms with E-state index in [0.29, 0.717) is 19.1 Å². The highest BCUT2D eigenvalue weighted by molar-refractivity contribution is 7.80. The first-order chi connectivity index (χ1) is 15.0. The fourth-order valence-electron chi connectivity index (χ4n) is 4.65. The fraction of sp³-hybridized carbons (Fsp3) is 0.385. The molecule has 31 heavy (non-hydrogen) atoms. The lowest BCUT2D eigenvalue weighted by atomic mass is 9.94. The standard InChI is InChI=1S/C26H31N3OS/c1-18-13-19(2)23-15-21(25(30)28-24(23)14-18)17-29(22-11-7-4-8-12-22)26(31)27-16-20-9-5-3-6-10-20/h3,5-6,9-10,13-15,22H,4,7-8,11-12,16-17H2,1-2H3,(H,27,31)(H,28,30). The van der Waals surface area contributed by atoms with Gasteiger partial charge in [0.05, 0.1) is 6.54 Å². The number of aromatic amines is 1. The summed E-state index contributed by atoms with van der Waals surface area (Å²) in [5.41, 5.74) is 5.19. The Balaban J connectivity index is 1.60. The Morgan fingerprint density at radius 3 is 2.58 bits per heavy atom. The van der Waals surface area contributed by atoms with E-state index in [-0.39, 0.29) is 5.56 Å². The summed E-state index contributed by atoms with van der Waals surface area (Å²) in [5.74, 6) is 0. The number of hydrogen-bond acceptors (Lipinski definition) is 2. The maximum absolute atomic E-state index is 12.9. The molecule has 3 aromatic rings. The summed E-state index contributed by atoms with van der Waals surface area (Å²) in [6.07, 6.45) is 5.96. The smallest absolute Gasteiger partial charge is 0.253 e. The highest BCUT2D eigenvalue weighted by atomic mass is 32.1. The van der Waals surface area contributed by atoms with Crippen LogP contribution in [0.1, 0.15) is 54.4 Å². The van der Waals surface area contributed by atoms with E-state index in [1.807, 2.05) is 24.3 Å². The Hall–Kier alpha value is -2.66. The summed E-state index contributed by atoms with van der Waals surface area (Å²) in [6, 6.07) is 16.9. The molecular weight excluding hydrogens is 402 g/mol. The first-order valence-electron chi connectivity index (χ1n) is 11.2. The zero-order valence-electron chi connectivity index (χ0n) is 18.4.